The summed E-state index contributed by atoms with van der Waals surface area (Å²) in [6, 6.07) is 13.2. The van der Waals surface area contributed by atoms with E-state index in [2.05, 4.69) is 31.3 Å². The molecule has 0 aliphatic rings. The first-order valence-corrected chi connectivity index (χ1v) is 11.4. The number of aromatic hydroxyl groups is 1. The van der Waals surface area contributed by atoms with Crippen LogP contribution in [0.5, 0.6) is 11.5 Å². The Kier molecular flexibility index (Phi) is 9.30. The van der Waals surface area contributed by atoms with Gasteiger partial charge in [0.2, 0.25) is 5.91 Å². The van der Waals surface area contributed by atoms with Crippen LogP contribution in [-0.4, -0.2) is 23.9 Å². The highest BCUT2D eigenvalue weighted by Crippen LogP contribution is 2.27. The van der Waals surface area contributed by atoms with Crippen molar-refractivity contribution in [1.29, 1.82) is 0 Å². The van der Waals surface area contributed by atoms with Gasteiger partial charge in [-0.25, -0.2) is 0 Å². The van der Waals surface area contributed by atoms with Gasteiger partial charge < -0.3 is 15.2 Å². The van der Waals surface area contributed by atoms with Gasteiger partial charge in [0.05, 0.1) is 7.11 Å². The van der Waals surface area contributed by atoms with E-state index in [1.807, 2.05) is 32.9 Å². The minimum absolute atomic E-state index is 0.0360. The van der Waals surface area contributed by atoms with E-state index in [1.54, 1.807) is 12.1 Å². The summed E-state index contributed by atoms with van der Waals surface area (Å²) in [6.45, 7) is 10.5. The van der Waals surface area contributed by atoms with Crippen molar-refractivity contribution in [2.75, 3.05) is 7.11 Å². The smallest absolute Gasteiger partial charge is 0.224 e. The number of Topliss-reactive ketones (excluding diaryl/α,β-unsaturated/α-hetero) is 1. The maximum absolute atomic E-state index is 13.0. The van der Waals surface area contributed by atoms with E-state index in [-0.39, 0.29) is 35.7 Å². The number of phenols is 1. The van der Waals surface area contributed by atoms with Crippen molar-refractivity contribution in [3.8, 4) is 11.5 Å². The molecule has 1 unspecified atom stereocenters. The van der Waals surface area contributed by atoms with Crippen LogP contribution in [0.15, 0.2) is 42.5 Å². The summed E-state index contributed by atoms with van der Waals surface area (Å²) in [7, 11) is 1.48. The summed E-state index contributed by atoms with van der Waals surface area (Å²) in [4.78, 5) is 25.9. The van der Waals surface area contributed by atoms with E-state index in [0.29, 0.717) is 18.2 Å². The van der Waals surface area contributed by atoms with Gasteiger partial charge in [-0.1, -0.05) is 65.0 Å². The molecule has 5 nitrogen and oxygen atoms in total. The van der Waals surface area contributed by atoms with Gasteiger partial charge in [0.15, 0.2) is 11.5 Å². The quantitative estimate of drug-likeness (QED) is 0.501. The summed E-state index contributed by atoms with van der Waals surface area (Å²) >= 11 is 0. The van der Waals surface area contributed by atoms with Gasteiger partial charge in [-0.3, -0.25) is 9.59 Å². The van der Waals surface area contributed by atoms with E-state index in [0.717, 1.165) is 17.5 Å². The molecule has 0 aromatic heterocycles. The maximum atomic E-state index is 13.0. The highest BCUT2D eigenvalue weighted by molar-refractivity contribution is 5.90. The zero-order valence-electron chi connectivity index (χ0n) is 20.1. The third kappa shape index (κ3) is 7.11. The fraction of sp³-hybridized carbons (Fsp3) is 0.481. The lowest BCUT2D eigenvalue weighted by Gasteiger charge is -2.22. The Labute approximate surface area is 192 Å². The summed E-state index contributed by atoms with van der Waals surface area (Å²) in [6.07, 6.45) is 1.22. The Balaban J connectivity index is 2.00. The molecule has 2 rings (SSSR count). The minimum atomic E-state index is -0.399. The molecule has 0 bridgehead atoms. The van der Waals surface area contributed by atoms with Crippen LogP contribution in [0.2, 0.25) is 0 Å². The van der Waals surface area contributed by atoms with E-state index in [4.69, 9.17) is 4.74 Å². The number of ether oxygens (including phenoxy) is 1. The lowest BCUT2D eigenvalue weighted by molar-refractivity contribution is -0.131. The van der Waals surface area contributed by atoms with Crippen LogP contribution >= 0.6 is 0 Å². The second-order valence-electron chi connectivity index (χ2n) is 9.31. The topological polar surface area (TPSA) is 75.6 Å². The van der Waals surface area contributed by atoms with Gasteiger partial charge in [-0.05, 0) is 47.1 Å². The fourth-order valence-corrected chi connectivity index (χ4v) is 3.78. The Morgan fingerprint density at radius 2 is 1.59 bits per heavy atom. The van der Waals surface area contributed by atoms with Gasteiger partial charge >= 0.3 is 0 Å². The lowest BCUT2D eigenvalue weighted by atomic mass is 9.84. The lowest BCUT2D eigenvalue weighted by Crippen LogP contribution is -2.35. The van der Waals surface area contributed by atoms with Crippen molar-refractivity contribution < 1.29 is 19.4 Å². The number of amides is 1. The van der Waals surface area contributed by atoms with E-state index < -0.39 is 5.92 Å². The molecule has 2 N–H and O–H groups in total. The zero-order valence-corrected chi connectivity index (χ0v) is 20.1. The average Bonchev–Trinajstić information content (AvgIpc) is 2.75. The van der Waals surface area contributed by atoms with Crippen molar-refractivity contribution in [2.45, 2.75) is 59.9 Å². The molecule has 0 heterocycles. The first-order valence-electron chi connectivity index (χ1n) is 11.4. The monoisotopic (exact) mass is 439 g/mol. The second-order valence-corrected chi connectivity index (χ2v) is 9.31. The van der Waals surface area contributed by atoms with Crippen LogP contribution in [0.4, 0.5) is 0 Å². The van der Waals surface area contributed by atoms with Gasteiger partial charge in [0.1, 0.15) is 5.78 Å². The fourth-order valence-electron chi connectivity index (χ4n) is 3.78. The van der Waals surface area contributed by atoms with E-state index in [9.17, 15) is 14.7 Å². The van der Waals surface area contributed by atoms with Crippen molar-refractivity contribution in [1.82, 2.24) is 5.32 Å². The van der Waals surface area contributed by atoms with Crippen molar-refractivity contribution in [3.05, 3.63) is 59.2 Å². The van der Waals surface area contributed by atoms with Crippen molar-refractivity contribution in [2.24, 2.45) is 17.8 Å². The third-order valence-corrected chi connectivity index (χ3v) is 5.88. The summed E-state index contributed by atoms with van der Waals surface area (Å²) in [5.41, 5.74) is 3.08. The van der Waals surface area contributed by atoms with Crippen LogP contribution in [0.1, 0.15) is 63.6 Å². The Morgan fingerprint density at radius 1 is 0.969 bits per heavy atom. The minimum Gasteiger partial charge on any atom is -0.504 e. The van der Waals surface area contributed by atoms with Gasteiger partial charge in [0, 0.05) is 24.8 Å². The molecular formula is C27H37NO4. The van der Waals surface area contributed by atoms with Gasteiger partial charge in [-0.2, -0.15) is 0 Å². The number of phenolic OH excluding ortho intramolecular Hbond substituents is 1. The van der Waals surface area contributed by atoms with Crippen LogP contribution in [0.25, 0.3) is 0 Å². The third-order valence-electron chi connectivity index (χ3n) is 5.88. The molecule has 2 aromatic carbocycles. The Morgan fingerprint density at radius 3 is 2.16 bits per heavy atom. The van der Waals surface area contributed by atoms with Gasteiger partial charge in [-0.15, -0.1) is 0 Å². The molecule has 0 radical (unpaired) electrons. The summed E-state index contributed by atoms with van der Waals surface area (Å²) in [5, 5.41) is 12.7. The van der Waals surface area contributed by atoms with E-state index in [1.165, 1.54) is 18.7 Å². The standard InChI is InChI=1S/C27H37NO4/c1-17(2)13-20-7-10-22(11-8-20)19(5)25(30)15-23(18(3)4)27(31)28-16-21-9-12-24(29)26(14-21)32-6/h7-12,14,17-19,23,29H,13,15-16H2,1-6H3,(H,28,31)/t19?,23-/m0/s1. The summed E-state index contributed by atoms with van der Waals surface area (Å²) in [5.74, 6) is 0.325. The van der Waals surface area contributed by atoms with Crippen molar-refractivity contribution >= 4 is 11.7 Å². The number of ketones is 1. The normalized spacial score (nSPS) is 13.1. The molecule has 174 valence electrons. The molecular weight excluding hydrogens is 402 g/mol. The number of rotatable bonds is 11. The predicted octanol–water partition coefficient (Wildman–Crippen LogP) is 5.25. The van der Waals surface area contributed by atoms with Crippen LogP contribution in [0, 0.1) is 17.8 Å². The number of carbonyl (C=O) groups excluding carboxylic acids is 2. The number of hydrogen-bond acceptors (Lipinski definition) is 4. The molecule has 0 saturated carbocycles. The zero-order chi connectivity index (χ0) is 23.8. The van der Waals surface area contributed by atoms with Gasteiger partial charge in [0.25, 0.3) is 0 Å². The highest BCUT2D eigenvalue weighted by atomic mass is 16.5. The van der Waals surface area contributed by atoms with Crippen molar-refractivity contribution in [3.63, 3.8) is 0 Å². The molecule has 0 saturated heterocycles. The Bertz CT molecular complexity index is 902. The molecule has 2 aromatic rings. The molecule has 2 atom stereocenters. The molecule has 0 fully saturated rings. The Hall–Kier alpha value is -2.82. The second kappa shape index (κ2) is 11.7. The maximum Gasteiger partial charge on any atom is 0.224 e. The molecule has 1 amide bonds. The molecule has 32 heavy (non-hydrogen) atoms. The van der Waals surface area contributed by atoms with Crippen LogP contribution < -0.4 is 10.1 Å². The first-order chi connectivity index (χ1) is 15.1. The SMILES string of the molecule is COc1cc(CNC(=O)[C@@H](CC(=O)C(C)c2ccc(CC(C)C)cc2)C(C)C)ccc1O. The number of methoxy groups -OCH3 is 1. The van der Waals surface area contributed by atoms with E-state index >= 15 is 0 Å². The number of hydrogen-bond donors (Lipinski definition) is 2. The van der Waals surface area contributed by atoms with Crippen LogP contribution in [-0.2, 0) is 22.6 Å². The highest BCUT2D eigenvalue weighted by Gasteiger charge is 2.27. The molecule has 0 spiro atoms. The summed E-state index contributed by atoms with van der Waals surface area (Å²) < 4.78 is 5.12. The average molecular weight is 440 g/mol. The van der Waals surface area contributed by atoms with Crippen LogP contribution in [0.3, 0.4) is 0 Å². The molecule has 0 aliphatic heterocycles. The number of benzene rings is 2. The largest absolute Gasteiger partial charge is 0.504 e. The number of nitrogens with one attached hydrogen (secondary N) is 1. The first kappa shape index (κ1) is 25.4. The predicted molar refractivity (Wildman–Crippen MR) is 128 cm³/mol. The molecule has 5 heteroatoms. The molecule has 0 aliphatic carbocycles. The number of carbonyl (C=O) groups is 2.